The number of rotatable bonds is 8. The standard InChI is InChI=1S/C19H19BrN2O6/c1-25-15-7-5-13(20)9-14(15)19(24)22-21-10-12-4-6-16(17(8-12)26-2)28-11-18(23)27-3/h4-10H,11H2,1-3H3,(H,22,24)/b21-10-. The largest absolute Gasteiger partial charge is 0.496 e. The number of esters is 1. The number of benzene rings is 2. The highest BCUT2D eigenvalue weighted by atomic mass is 79.9. The van der Waals surface area contributed by atoms with Crippen molar-refractivity contribution in [2.24, 2.45) is 5.10 Å². The maximum absolute atomic E-state index is 12.3. The van der Waals surface area contributed by atoms with Crippen molar-refractivity contribution in [3.8, 4) is 17.2 Å². The normalized spacial score (nSPS) is 10.4. The second-order valence-corrected chi connectivity index (χ2v) is 6.23. The molecule has 0 saturated heterocycles. The molecular formula is C19H19BrN2O6. The van der Waals surface area contributed by atoms with Crippen molar-refractivity contribution in [3.63, 3.8) is 0 Å². The van der Waals surface area contributed by atoms with E-state index in [1.54, 1.807) is 36.4 Å². The maximum Gasteiger partial charge on any atom is 0.343 e. The van der Waals surface area contributed by atoms with Crippen LogP contribution in [-0.2, 0) is 9.53 Å². The lowest BCUT2D eigenvalue weighted by Gasteiger charge is -2.10. The van der Waals surface area contributed by atoms with Gasteiger partial charge in [0.1, 0.15) is 5.75 Å². The predicted octanol–water partition coefficient (Wildman–Crippen LogP) is 2.78. The summed E-state index contributed by atoms with van der Waals surface area (Å²) in [4.78, 5) is 23.5. The average molecular weight is 451 g/mol. The lowest BCUT2D eigenvalue weighted by molar-refractivity contribution is -0.142. The maximum atomic E-state index is 12.3. The van der Waals surface area contributed by atoms with Gasteiger partial charge in [0, 0.05) is 4.47 Å². The summed E-state index contributed by atoms with van der Waals surface area (Å²) in [5.41, 5.74) is 3.45. The van der Waals surface area contributed by atoms with Crippen LogP contribution in [0.1, 0.15) is 15.9 Å². The molecule has 0 unspecified atom stereocenters. The molecule has 2 aromatic carbocycles. The van der Waals surface area contributed by atoms with Gasteiger partial charge in [-0.05, 0) is 42.0 Å². The first-order valence-electron chi connectivity index (χ1n) is 8.03. The minimum absolute atomic E-state index is 0.231. The van der Waals surface area contributed by atoms with Crippen molar-refractivity contribution in [1.29, 1.82) is 0 Å². The van der Waals surface area contributed by atoms with Crippen LogP contribution >= 0.6 is 15.9 Å². The third kappa shape index (κ3) is 5.71. The Morgan fingerprint density at radius 2 is 1.75 bits per heavy atom. The molecule has 148 valence electrons. The minimum Gasteiger partial charge on any atom is -0.496 e. The van der Waals surface area contributed by atoms with E-state index in [2.05, 4.69) is 31.2 Å². The van der Waals surface area contributed by atoms with Crippen molar-refractivity contribution in [2.75, 3.05) is 27.9 Å². The second kappa shape index (κ2) is 10.3. The summed E-state index contributed by atoms with van der Waals surface area (Å²) in [6, 6.07) is 10.1. The van der Waals surface area contributed by atoms with E-state index >= 15 is 0 Å². The van der Waals surface area contributed by atoms with Crippen LogP contribution in [0.3, 0.4) is 0 Å². The summed E-state index contributed by atoms with van der Waals surface area (Å²) >= 11 is 3.32. The number of nitrogens with one attached hydrogen (secondary N) is 1. The number of ether oxygens (including phenoxy) is 4. The van der Waals surface area contributed by atoms with Gasteiger partial charge in [0.2, 0.25) is 0 Å². The van der Waals surface area contributed by atoms with Gasteiger partial charge in [-0.2, -0.15) is 5.10 Å². The number of halogens is 1. The zero-order valence-electron chi connectivity index (χ0n) is 15.5. The molecule has 0 aliphatic heterocycles. The first-order valence-corrected chi connectivity index (χ1v) is 8.82. The van der Waals surface area contributed by atoms with Gasteiger partial charge in [0.25, 0.3) is 5.91 Å². The topological polar surface area (TPSA) is 95.5 Å². The van der Waals surface area contributed by atoms with Crippen molar-refractivity contribution in [1.82, 2.24) is 5.43 Å². The fourth-order valence-corrected chi connectivity index (χ4v) is 2.52. The molecule has 0 heterocycles. The van der Waals surface area contributed by atoms with Crippen LogP contribution in [0, 0.1) is 0 Å². The third-order valence-corrected chi connectivity index (χ3v) is 4.04. The number of carbonyl (C=O) groups excluding carboxylic acids is 2. The molecule has 9 heteroatoms. The van der Waals surface area contributed by atoms with Gasteiger partial charge in [-0.3, -0.25) is 4.79 Å². The van der Waals surface area contributed by atoms with Crippen molar-refractivity contribution in [2.45, 2.75) is 0 Å². The molecule has 0 aliphatic carbocycles. The van der Waals surface area contributed by atoms with Gasteiger partial charge in [-0.15, -0.1) is 0 Å². The summed E-state index contributed by atoms with van der Waals surface area (Å²) in [6.45, 7) is -0.231. The van der Waals surface area contributed by atoms with Crippen LogP contribution in [0.2, 0.25) is 0 Å². The summed E-state index contributed by atoms with van der Waals surface area (Å²) in [5, 5.41) is 3.95. The smallest absolute Gasteiger partial charge is 0.343 e. The van der Waals surface area contributed by atoms with E-state index in [1.165, 1.54) is 27.5 Å². The van der Waals surface area contributed by atoms with Crippen LogP contribution in [0.4, 0.5) is 0 Å². The van der Waals surface area contributed by atoms with Crippen LogP contribution < -0.4 is 19.6 Å². The predicted molar refractivity (Wildman–Crippen MR) is 106 cm³/mol. The lowest BCUT2D eigenvalue weighted by Crippen LogP contribution is -2.18. The first kappa shape index (κ1) is 21.2. The number of carbonyl (C=O) groups is 2. The molecule has 2 rings (SSSR count). The van der Waals surface area contributed by atoms with Gasteiger partial charge in [-0.25, -0.2) is 10.2 Å². The Kier molecular flexibility index (Phi) is 7.82. The Bertz CT molecular complexity index is 885. The first-order chi connectivity index (χ1) is 13.5. The van der Waals surface area contributed by atoms with Gasteiger partial charge < -0.3 is 18.9 Å². The molecule has 0 aromatic heterocycles. The van der Waals surface area contributed by atoms with Crippen LogP contribution in [0.15, 0.2) is 46.0 Å². The fraction of sp³-hybridized carbons (Fsp3) is 0.211. The van der Waals surface area contributed by atoms with Gasteiger partial charge >= 0.3 is 5.97 Å². The second-order valence-electron chi connectivity index (χ2n) is 5.32. The number of hydrogen-bond donors (Lipinski definition) is 1. The van der Waals surface area contributed by atoms with Crippen LogP contribution in [0.5, 0.6) is 17.2 Å². The Hall–Kier alpha value is -3.07. The van der Waals surface area contributed by atoms with E-state index in [9.17, 15) is 9.59 Å². The summed E-state index contributed by atoms with van der Waals surface area (Å²) in [7, 11) is 4.24. The van der Waals surface area contributed by atoms with E-state index in [0.717, 1.165) is 4.47 Å². The molecule has 0 bridgehead atoms. The number of nitrogens with zero attached hydrogens (tertiary/aromatic N) is 1. The van der Waals surface area contributed by atoms with Crippen molar-refractivity contribution >= 4 is 34.0 Å². The van der Waals surface area contributed by atoms with E-state index in [1.807, 2.05) is 0 Å². The summed E-state index contributed by atoms with van der Waals surface area (Å²) < 4.78 is 21.0. The molecule has 0 saturated carbocycles. The molecule has 8 nitrogen and oxygen atoms in total. The molecule has 0 aliphatic rings. The minimum atomic E-state index is -0.501. The van der Waals surface area contributed by atoms with Crippen molar-refractivity contribution < 1.29 is 28.5 Å². The van der Waals surface area contributed by atoms with Gasteiger partial charge in [0.05, 0.1) is 33.1 Å². The Labute approximate surface area is 170 Å². The number of amides is 1. The molecular weight excluding hydrogens is 432 g/mol. The third-order valence-electron chi connectivity index (χ3n) is 3.55. The molecule has 28 heavy (non-hydrogen) atoms. The van der Waals surface area contributed by atoms with E-state index in [0.29, 0.717) is 28.4 Å². The van der Waals surface area contributed by atoms with E-state index < -0.39 is 11.9 Å². The Balaban J connectivity index is 2.07. The highest BCUT2D eigenvalue weighted by Gasteiger charge is 2.12. The zero-order chi connectivity index (χ0) is 20.5. The van der Waals surface area contributed by atoms with E-state index in [4.69, 9.17) is 14.2 Å². The zero-order valence-corrected chi connectivity index (χ0v) is 17.1. The molecule has 0 spiro atoms. The molecule has 2 aromatic rings. The van der Waals surface area contributed by atoms with E-state index in [-0.39, 0.29) is 6.61 Å². The van der Waals surface area contributed by atoms with Crippen LogP contribution in [0.25, 0.3) is 0 Å². The number of hydrogen-bond acceptors (Lipinski definition) is 7. The van der Waals surface area contributed by atoms with Gasteiger partial charge in [0.15, 0.2) is 18.1 Å². The summed E-state index contributed by atoms with van der Waals surface area (Å²) in [5.74, 6) is 0.309. The molecule has 1 N–H and O–H groups in total. The Morgan fingerprint density at radius 1 is 1.04 bits per heavy atom. The monoisotopic (exact) mass is 450 g/mol. The number of hydrazone groups is 1. The lowest BCUT2D eigenvalue weighted by atomic mass is 10.2. The molecule has 1 amide bonds. The molecule has 0 atom stereocenters. The highest BCUT2D eigenvalue weighted by Crippen LogP contribution is 2.27. The molecule has 0 radical (unpaired) electrons. The quantitative estimate of drug-likeness (QED) is 0.377. The fourth-order valence-electron chi connectivity index (χ4n) is 2.16. The van der Waals surface area contributed by atoms with Crippen molar-refractivity contribution in [3.05, 3.63) is 52.0 Å². The SMILES string of the molecule is COC(=O)COc1ccc(/C=N\NC(=O)c2cc(Br)ccc2OC)cc1OC. The van der Waals surface area contributed by atoms with Gasteiger partial charge in [-0.1, -0.05) is 15.9 Å². The van der Waals surface area contributed by atoms with Crippen LogP contribution in [-0.4, -0.2) is 46.0 Å². The highest BCUT2D eigenvalue weighted by molar-refractivity contribution is 9.10. The number of methoxy groups -OCH3 is 3. The Morgan fingerprint density at radius 3 is 2.43 bits per heavy atom. The molecule has 0 fully saturated rings. The summed E-state index contributed by atoms with van der Waals surface area (Å²) in [6.07, 6.45) is 1.45. The average Bonchev–Trinajstić information content (AvgIpc) is 2.72.